The molecule has 1 saturated heterocycles. The SMILES string of the molecule is CC1(C)O[C@@H](C(OP(c2ccccc2)c2ccccc2)(c2ccccc2)c2ccccc2)[C@H](C(OP(c2ccccc2)c2ccccc2)(c2ccccc2)c2ccccc2)O1. The van der Waals surface area contributed by atoms with E-state index in [-0.39, 0.29) is 0 Å². The first kappa shape index (κ1) is 40.8. The minimum Gasteiger partial charge on any atom is -0.341 e. The highest BCUT2D eigenvalue weighted by Gasteiger charge is 2.64. The zero-order chi connectivity index (χ0) is 41.5. The van der Waals surface area contributed by atoms with Gasteiger partial charge in [0.05, 0.1) is 16.3 Å². The maximum atomic E-state index is 8.14. The van der Waals surface area contributed by atoms with E-state index < -0.39 is 45.5 Å². The summed E-state index contributed by atoms with van der Waals surface area (Å²) in [6.07, 6.45) is -1.57. The lowest BCUT2D eigenvalue weighted by molar-refractivity contribution is -0.168. The molecule has 0 radical (unpaired) electrons. The fourth-order valence-corrected chi connectivity index (χ4v) is 12.4. The maximum Gasteiger partial charge on any atom is 0.164 e. The van der Waals surface area contributed by atoms with Gasteiger partial charge in [0.25, 0.3) is 0 Å². The molecular formula is C55H48O4P2. The second kappa shape index (κ2) is 18.2. The summed E-state index contributed by atoms with van der Waals surface area (Å²) in [5, 5.41) is 4.33. The lowest BCUT2D eigenvalue weighted by Crippen LogP contribution is -2.56. The number of benzene rings is 8. The largest absolute Gasteiger partial charge is 0.341 e. The standard InChI is InChI=1S/C55H48O4P2/c1-53(2)56-51(54(43-27-11-3-12-28-43,44-29-13-4-14-30-44)58-60(47-35-19-7-20-36-47)48-37-21-8-22-38-48)52(57-53)55(45-31-15-5-16-32-45,46-33-17-6-18-34-46)59-61(49-39-23-9-24-40-49)50-41-25-10-26-42-50/h3-42,51-52H,1-2H3/t51-,52-/m1/s1. The summed E-state index contributed by atoms with van der Waals surface area (Å²) >= 11 is 0. The van der Waals surface area contributed by atoms with Crippen molar-refractivity contribution in [2.24, 2.45) is 0 Å². The quantitative estimate of drug-likeness (QED) is 0.102. The Labute approximate surface area is 362 Å². The third kappa shape index (κ3) is 8.29. The molecule has 0 bridgehead atoms. The van der Waals surface area contributed by atoms with Crippen LogP contribution in [0.3, 0.4) is 0 Å². The molecule has 9 rings (SSSR count). The van der Waals surface area contributed by atoms with Crippen LogP contribution in [0.15, 0.2) is 243 Å². The summed E-state index contributed by atoms with van der Waals surface area (Å²) in [5.41, 5.74) is 1.28. The average molecular weight is 835 g/mol. The van der Waals surface area contributed by atoms with Crippen molar-refractivity contribution in [3.8, 4) is 0 Å². The van der Waals surface area contributed by atoms with E-state index >= 15 is 0 Å². The van der Waals surface area contributed by atoms with Crippen molar-refractivity contribution >= 4 is 37.5 Å². The zero-order valence-corrected chi connectivity index (χ0v) is 36.1. The van der Waals surface area contributed by atoms with Gasteiger partial charge in [0, 0.05) is 21.2 Å². The molecular weight excluding hydrogens is 787 g/mol. The van der Waals surface area contributed by atoms with Gasteiger partial charge in [0.2, 0.25) is 0 Å². The molecule has 0 amide bonds. The Balaban J connectivity index is 1.37. The second-order valence-electron chi connectivity index (χ2n) is 15.5. The van der Waals surface area contributed by atoms with E-state index in [1.54, 1.807) is 0 Å². The minimum absolute atomic E-state index is 0.784. The lowest BCUT2D eigenvalue weighted by atomic mass is 9.72. The minimum atomic E-state index is -1.46. The number of rotatable bonds is 14. The molecule has 61 heavy (non-hydrogen) atoms. The maximum absolute atomic E-state index is 8.14. The fourth-order valence-electron chi connectivity index (χ4n) is 8.45. The highest BCUT2D eigenvalue weighted by molar-refractivity contribution is 7.69. The molecule has 2 atom stereocenters. The third-order valence-electron chi connectivity index (χ3n) is 11.1. The third-order valence-corrected chi connectivity index (χ3v) is 15.2. The Morgan fingerprint density at radius 3 is 0.738 bits per heavy atom. The summed E-state index contributed by atoms with van der Waals surface area (Å²) in [5.74, 6) is -1.07. The normalized spacial score (nSPS) is 16.5. The summed E-state index contributed by atoms with van der Waals surface area (Å²) in [4.78, 5) is 0. The van der Waals surface area contributed by atoms with Crippen LogP contribution in [-0.2, 0) is 29.7 Å². The van der Waals surface area contributed by atoms with Gasteiger partial charge in [-0.1, -0.05) is 243 Å². The van der Waals surface area contributed by atoms with Crippen LogP contribution in [0.5, 0.6) is 0 Å². The van der Waals surface area contributed by atoms with Crippen LogP contribution >= 0.6 is 16.3 Å². The van der Waals surface area contributed by atoms with Gasteiger partial charge in [-0.15, -0.1) is 0 Å². The summed E-state index contributed by atoms with van der Waals surface area (Å²) in [6, 6.07) is 84.5. The molecule has 0 saturated carbocycles. The van der Waals surface area contributed by atoms with Crippen molar-refractivity contribution in [1.29, 1.82) is 0 Å². The van der Waals surface area contributed by atoms with E-state index in [1.807, 2.05) is 13.8 Å². The van der Waals surface area contributed by atoms with Crippen LogP contribution in [0.2, 0.25) is 0 Å². The van der Waals surface area contributed by atoms with Crippen LogP contribution in [0, 0.1) is 0 Å². The number of ether oxygens (including phenoxy) is 2. The molecule has 0 aliphatic carbocycles. The smallest absolute Gasteiger partial charge is 0.164 e. The predicted molar refractivity (Wildman–Crippen MR) is 251 cm³/mol. The van der Waals surface area contributed by atoms with E-state index in [9.17, 15) is 0 Å². The van der Waals surface area contributed by atoms with E-state index in [0.29, 0.717) is 0 Å². The van der Waals surface area contributed by atoms with E-state index in [4.69, 9.17) is 18.5 Å². The molecule has 1 heterocycles. The molecule has 4 nitrogen and oxygen atoms in total. The summed E-state index contributed by atoms with van der Waals surface area (Å²) in [6.45, 7) is 4.02. The highest BCUT2D eigenvalue weighted by atomic mass is 31.1. The first-order valence-corrected chi connectivity index (χ1v) is 23.3. The van der Waals surface area contributed by atoms with Crippen LogP contribution in [0.1, 0.15) is 36.1 Å². The van der Waals surface area contributed by atoms with E-state index in [0.717, 1.165) is 43.5 Å². The van der Waals surface area contributed by atoms with Crippen molar-refractivity contribution in [2.75, 3.05) is 0 Å². The molecule has 0 unspecified atom stereocenters. The monoisotopic (exact) mass is 834 g/mol. The van der Waals surface area contributed by atoms with Crippen LogP contribution in [-0.4, -0.2) is 18.0 Å². The summed E-state index contributed by atoms with van der Waals surface area (Å²) < 4.78 is 31.4. The zero-order valence-electron chi connectivity index (χ0n) is 34.3. The van der Waals surface area contributed by atoms with Gasteiger partial charge < -0.3 is 18.5 Å². The molecule has 0 aromatic heterocycles. The van der Waals surface area contributed by atoms with E-state index in [2.05, 4.69) is 243 Å². The van der Waals surface area contributed by atoms with Gasteiger partial charge in [-0.25, -0.2) is 0 Å². The van der Waals surface area contributed by atoms with Gasteiger partial charge in [-0.2, -0.15) is 0 Å². The molecule has 0 N–H and O–H groups in total. The van der Waals surface area contributed by atoms with E-state index in [1.165, 1.54) is 0 Å². The average Bonchev–Trinajstić information content (AvgIpc) is 3.67. The number of hydrogen-bond donors (Lipinski definition) is 0. The Morgan fingerprint density at radius 2 is 0.525 bits per heavy atom. The molecule has 1 aliphatic heterocycles. The molecule has 1 fully saturated rings. The van der Waals surface area contributed by atoms with Gasteiger partial charge in [0.15, 0.2) is 17.0 Å². The molecule has 8 aromatic rings. The molecule has 0 spiro atoms. The Bertz CT molecular complexity index is 2230. The Kier molecular flexibility index (Phi) is 12.2. The molecule has 1 aliphatic rings. The van der Waals surface area contributed by atoms with Gasteiger partial charge >= 0.3 is 0 Å². The number of hydrogen-bond acceptors (Lipinski definition) is 4. The van der Waals surface area contributed by atoms with Crippen molar-refractivity contribution in [1.82, 2.24) is 0 Å². The predicted octanol–water partition coefficient (Wildman–Crippen LogP) is 11.5. The molecule has 6 heteroatoms. The van der Waals surface area contributed by atoms with Gasteiger partial charge in [-0.3, -0.25) is 0 Å². The topological polar surface area (TPSA) is 36.9 Å². The van der Waals surface area contributed by atoms with Gasteiger partial charge in [-0.05, 0) is 36.1 Å². The van der Waals surface area contributed by atoms with Crippen molar-refractivity contribution < 1.29 is 18.5 Å². The lowest BCUT2D eigenvalue weighted by Gasteiger charge is -2.48. The van der Waals surface area contributed by atoms with Crippen LogP contribution in [0.25, 0.3) is 0 Å². The van der Waals surface area contributed by atoms with Crippen molar-refractivity contribution in [2.45, 2.75) is 43.0 Å². The molecule has 8 aromatic carbocycles. The first-order valence-electron chi connectivity index (χ1n) is 20.7. The van der Waals surface area contributed by atoms with Crippen molar-refractivity contribution in [3.05, 3.63) is 265 Å². The van der Waals surface area contributed by atoms with Crippen LogP contribution in [0.4, 0.5) is 0 Å². The fraction of sp³-hybridized carbons (Fsp3) is 0.127. The molecule has 302 valence electrons. The highest BCUT2D eigenvalue weighted by Crippen LogP contribution is 2.59. The van der Waals surface area contributed by atoms with Crippen LogP contribution < -0.4 is 21.2 Å². The summed E-state index contributed by atoms with van der Waals surface area (Å²) in [7, 11) is -2.92. The van der Waals surface area contributed by atoms with Crippen molar-refractivity contribution in [3.63, 3.8) is 0 Å². The second-order valence-corrected chi connectivity index (χ2v) is 19.1. The Morgan fingerprint density at radius 1 is 0.328 bits per heavy atom. The Hall–Kier alpha value is -5.54. The van der Waals surface area contributed by atoms with Gasteiger partial charge in [0.1, 0.15) is 12.2 Å². The first-order chi connectivity index (χ1) is 30.0.